The summed E-state index contributed by atoms with van der Waals surface area (Å²) in [6, 6.07) is -0.719. The van der Waals surface area contributed by atoms with Crippen molar-refractivity contribution >= 4 is 29.3 Å². The van der Waals surface area contributed by atoms with E-state index in [-0.39, 0.29) is 42.8 Å². The van der Waals surface area contributed by atoms with Crippen LogP contribution < -0.4 is 5.32 Å². The summed E-state index contributed by atoms with van der Waals surface area (Å²) >= 11 is 0. The van der Waals surface area contributed by atoms with Crippen molar-refractivity contribution < 1.29 is 24.0 Å². The second kappa shape index (κ2) is 8.52. The molecule has 0 aromatic heterocycles. The first-order valence-electron chi connectivity index (χ1n) is 8.02. The van der Waals surface area contributed by atoms with Crippen molar-refractivity contribution in [1.82, 2.24) is 10.2 Å². The number of carbonyl (C=O) groups is 5. The quantitative estimate of drug-likeness (QED) is 0.622. The van der Waals surface area contributed by atoms with Crippen LogP contribution in [0.5, 0.6) is 0 Å². The van der Waals surface area contributed by atoms with E-state index in [0.717, 1.165) is 17.1 Å². The van der Waals surface area contributed by atoms with Gasteiger partial charge in [0.05, 0.1) is 6.04 Å². The third-order valence-electron chi connectivity index (χ3n) is 3.89. The van der Waals surface area contributed by atoms with Crippen LogP contribution in [0.3, 0.4) is 0 Å². The van der Waals surface area contributed by atoms with Crippen molar-refractivity contribution in [2.75, 3.05) is 6.54 Å². The van der Waals surface area contributed by atoms with Gasteiger partial charge in [-0.1, -0.05) is 20.8 Å². The van der Waals surface area contributed by atoms with E-state index in [1.54, 1.807) is 27.7 Å². The minimum atomic E-state index is -0.719. The van der Waals surface area contributed by atoms with E-state index in [1.807, 2.05) is 0 Å². The lowest BCUT2D eigenvalue weighted by molar-refractivity contribution is -0.137. The van der Waals surface area contributed by atoms with Crippen molar-refractivity contribution in [2.45, 2.75) is 46.6 Å². The number of rotatable bonds is 9. The summed E-state index contributed by atoms with van der Waals surface area (Å²) in [5.41, 5.74) is 0. The lowest BCUT2D eigenvalue weighted by Crippen LogP contribution is -2.41. The molecule has 1 aliphatic rings. The molecule has 0 aromatic rings. The normalized spacial score (nSPS) is 16.5. The standard InChI is InChI=1S/C17H24N2O5/c1-10(2)17(24)11(3)9-13(20)12(4)18-14(21)7-8-19-15(22)5-6-16(19)23/h5-6,10-12H,7-9H2,1-4H3,(H,18,21)/t11-,12+/m1/s1. The summed E-state index contributed by atoms with van der Waals surface area (Å²) in [6.07, 6.45) is 2.31. The molecule has 7 nitrogen and oxygen atoms in total. The van der Waals surface area contributed by atoms with E-state index in [4.69, 9.17) is 0 Å². The number of Topliss-reactive ketones (excluding diaryl/α,β-unsaturated/α-hetero) is 2. The molecule has 3 amide bonds. The molecule has 24 heavy (non-hydrogen) atoms. The molecular formula is C17H24N2O5. The van der Waals surface area contributed by atoms with Gasteiger partial charge in [0, 0.05) is 43.4 Å². The molecule has 0 saturated heterocycles. The molecule has 0 bridgehead atoms. The van der Waals surface area contributed by atoms with E-state index < -0.39 is 23.8 Å². The molecule has 1 heterocycles. The van der Waals surface area contributed by atoms with Gasteiger partial charge in [0.1, 0.15) is 5.78 Å². The van der Waals surface area contributed by atoms with Crippen LogP contribution >= 0.6 is 0 Å². The van der Waals surface area contributed by atoms with Gasteiger partial charge in [-0.25, -0.2) is 0 Å². The van der Waals surface area contributed by atoms with Crippen molar-refractivity contribution in [3.63, 3.8) is 0 Å². The van der Waals surface area contributed by atoms with Crippen LogP contribution in [0, 0.1) is 11.8 Å². The zero-order chi connectivity index (χ0) is 18.4. The average Bonchev–Trinajstić information content (AvgIpc) is 2.82. The van der Waals surface area contributed by atoms with Gasteiger partial charge in [-0.15, -0.1) is 0 Å². The molecule has 7 heteroatoms. The van der Waals surface area contributed by atoms with E-state index >= 15 is 0 Å². The molecule has 1 N–H and O–H groups in total. The lowest BCUT2D eigenvalue weighted by Gasteiger charge is -2.18. The zero-order valence-corrected chi connectivity index (χ0v) is 14.5. The van der Waals surface area contributed by atoms with Gasteiger partial charge in [-0.2, -0.15) is 0 Å². The van der Waals surface area contributed by atoms with Crippen LogP contribution in [-0.2, 0) is 24.0 Å². The highest BCUT2D eigenvalue weighted by molar-refractivity contribution is 6.13. The number of ketones is 2. The van der Waals surface area contributed by atoms with Gasteiger partial charge >= 0.3 is 0 Å². The van der Waals surface area contributed by atoms with Crippen LogP contribution in [0.2, 0.25) is 0 Å². The Morgan fingerprint density at radius 2 is 1.58 bits per heavy atom. The number of nitrogens with zero attached hydrogens (tertiary/aromatic N) is 1. The van der Waals surface area contributed by atoms with Crippen molar-refractivity contribution in [2.24, 2.45) is 11.8 Å². The minimum absolute atomic E-state index is 0.0143. The van der Waals surface area contributed by atoms with Gasteiger partial charge in [-0.05, 0) is 6.92 Å². The molecule has 1 aliphatic heterocycles. The predicted molar refractivity (Wildman–Crippen MR) is 86.7 cm³/mol. The van der Waals surface area contributed by atoms with Crippen molar-refractivity contribution in [1.29, 1.82) is 0 Å². The van der Waals surface area contributed by atoms with Gasteiger partial charge in [-0.3, -0.25) is 28.9 Å². The number of hydrogen-bond acceptors (Lipinski definition) is 5. The summed E-state index contributed by atoms with van der Waals surface area (Å²) in [6.45, 7) is 6.79. The third-order valence-corrected chi connectivity index (χ3v) is 3.89. The van der Waals surface area contributed by atoms with Gasteiger partial charge < -0.3 is 5.32 Å². The molecule has 0 saturated carbocycles. The molecule has 0 aliphatic carbocycles. The molecule has 132 valence electrons. The maximum Gasteiger partial charge on any atom is 0.253 e. The maximum absolute atomic E-state index is 12.1. The SMILES string of the molecule is CC(C)C(=O)[C@H](C)CC(=O)[C@H](C)NC(=O)CCN1C(=O)C=CC1=O. The molecule has 0 spiro atoms. The molecular weight excluding hydrogens is 312 g/mol. The smallest absolute Gasteiger partial charge is 0.253 e. The monoisotopic (exact) mass is 336 g/mol. The largest absolute Gasteiger partial charge is 0.347 e. The molecule has 0 unspecified atom stereocenters. The summed E-state index contributed by atoms with van der Waals surface area (Å²) in [7, 11) is 0. The summed E-state index contributed by atoms with van der Waals surface area (Å²) < 4.78 is 0. The van der Waals surface area contributed by atoms with Crippen LogP contribution in [-0.4, -0.2) is 46.8 Å². The molecule has 0 fully saturated rings. The minimum Gasteiger partial charge on any atom is -0.347 e. The van der Waals surface area contributed by atoms with E-state index in [1.165, 1.54) is 0 Å². The predicted octanol–water partition coefficient (Wildman–Crippen LogP) is 0.627. The van der Waals surface area contributed by atoms with Crippen LogP contribution in [0.1, 0.15) is 40.5 Å². The van der Waals surface area contributed by atoms with Gasteiger partial charge in [0.25, 0.3) is 11.8 Å². The number of imide groups is 1. The fourth-order valence-electron chi connectivity index (χ4n) is 2.41. The Morgan fingerprint density at radius 3 is 2.08 bits per heavy atom. The van der Waals surface area contributed by atoms with E-state index in [9.17, 15) is 24.0 Å². The highest BCUT2D eigenvalue weighted by Crippen LogP contribution is 2.12. The molecule has 1 rings (SSSR count). The lowest BCUT2D eigenvalue weighted by atomic mass is 9.91. The average molecular weight is 336 g/mol. The Labute approximate surface area is 141 Å². The summed E-state index contributed by atoms with van der Waals surface area (Å²) in [4.78, 5) is 59.5. The third kappa shape index (κ3) is 5.40. The highest BCUT2D eigenvalue weighted by atomic mass is 16.2. The second-order valence-corrected chi connectivity index (χ2v) is 6.33. The Morgan fingerprint density at radius 1 is 1.04 bits per heavy atom. The fraction of sp³-hybridized carbons (Fsp3) is 0.588. The Hall–Kier alpha value is -2.31. The summed E-state index contributed by atoms with van der Waals surface area (Å²) in [5.74, 6) is -2.05. The van der Waals surface area contributed by atoms with Gasteiger partial charge in [0.2, 0.25) is 5.91 Å². The Balaban J connectivity index is 2.40. The zero-order valence-electron chi connectivity index (χ0n) is 14.5. The van der Waals surface area contributed by atoms with Crippen LogP contribution in [0.25, 0.3) is 0 Å². The second-order valence-electron chi connectivity index (χ2n) is 6.33. The topological polar surface area (TPSA) is 101 Å². The number of nitrogens with one attached hydrogen (secondary N) is 1. The van der Waals surface area contributed by atoms with Crippen LogP contribution in [0.15, 0.2) is 12.2 Å². The van der Waals surface area contributed by atoms with E-state index in [2.05, 4.69) is 5.32 Å². The Bertz CT molecular complexity index is 562. The van der Waals surface area contributed by atoms with Crippen molar-refractivity contribution in [3.05, 3.63) is 12.2 Å². The molecule has 0 aromatic carbocycles. The summed E-state index contributed by atoms with van der Waals surface area (Å²) in [5, 5.41) is 2.54. The fourth-order valence-corrected chi connectivity index (χ4v) is 2.41. The molecule has 0 radical (unpaired) electrons. The highest BCUT2D eigenvalue weighted by Gasteiger charge is 2.25. The van der Waals surface area contributed by atoms with Crippen molar-refractivity contribution in [3.8, 4) is 0 Å². The number of hydrogen-bond donors (Lipinski definition) is 1. The first-order chi connectivity index (χ1) is 11.1. The first kappa shape index (κ1) is 19.7. The van der Waals surface area contributed by atoms with Gasteiger partial charge in [0.15, 0.2) is 5.78 Å². The molecule has 2 atom stereocenters. The number of amides is 3. The van der Waals surface area contributed by atoms with Crippen LogP contribution in [0.4, 0.5) is 0 Å². The first-order valence-corrected chi connectivity index (χ1v) is 8.02. The van der Waals surface area contributed by atoms with E-state index in [0.29, 0.717) is 0 Å². The Kier molecular flexibility index (Phi) is 7.00. The maximum atomic E-state index is 12.1. The number of carbonyl (C=O) groups excluding carboxylic acids is 5.